The van der Waals surface area contributed by atoms with E-state index in [1.165, 1.54) is 12.1 Å². The highest BCUT2D eigenvalue weighted by Crippen LogP contribution is 2.11. The van der Waals surface area contributed by atoms with Crippen LogP contribution in [0.4, 0.5) is 0 Å². The van der Waals surface area contributed by atoms with Crippen LogP contribution >= 0.6 is 0 Å². The Morgan fingerprint density at radius 1 is 1.32 bits per heavy atom. The number of aromatic hydroxyl groups is 1. The zero-order valence-corrected chi connectivity index (χ0v) is 10.7. The standard InChI is InChI=1S/C14H14N2O3/c1-9-6-7-13(19-9)10(2)15-16-14(18)11-4-3-5-12(17)8-11/h3-8,17H,1-2H3,(H,16,18)/b15-10-. The molecule has 0 fully saturated rings. The fourth-order valence-electron chi connectivity index (χ4n) is 1.53. The van der Waals surface area contributed by atoms with Gasteiger partial charge in [-0.05, 0) is 44.2 Å². The number of aryl methyl sites for hydroxylation is 1. The van der Waals surface area contributed by atoms with Crippen molar-refractivity contribution in [2.45, 2.75) is 13.8 Å². The molecule has 5 nitrogen and oxygen atoms in total. The number of benzene rings is 1. The lowest BCUT2D eigenvalue weighted by atomic mass is 10.2. The first kappa shape index (κ1) is 12.9. The zero-order valence-electron chi connectivity index (χ0n) is 10.7. The number of furan rings is 1. The molecule has 0 radical (unpaired) electrons. The van der Waals surface area contributed by atoms with Crippen LogP contribution in [-0.2, 0) is 0 Å². The first-order valence-corrected chi connectivity index (χ1v) is 5.77. The molecule has 98 valence electrons. The SMILES string of the molecule is C/C(=N/NC(=O)c1cccc(O)c1)c1ccc(C)o1. The summed E-state index contributed by atoms with van der Waals surface area (Å²) in [6, 6.07) is 9.67. The average Bonchev–Trinajstić information content (AvgIpc) is 2.82. The van der Waals surface area contributed by atoms with Gasteiger partial charge < -0.3 is 9.52 Å². The lowest BCUT2D eigenvalue weighted by molar-refractivity contribution is 0.0954. The number of nitrogens with zero attached hydrogens (tertiary/aromatic N) is 1. The summed E-state index contributed by atoms with van der Waals surface area (Å²) < 4.78 is 5.38. The van der Waals surface area contributed by atoms with Gasteiger partial charge >= 0.3 is 0 Å². The molecule has 2 N–H and O–H groups in total. The minimum absolute atomic E-state index is 0.0370. The van der Waals surface area contributed by atoms with E-state index < -0.39 is 5.91 Å². The summed E-state index contributed by atoms with van der Waals surface area (Å²) in [6.07, 6.45) is 0. The molecule has 0 aliphatic carbocycles. The number of nitrogens with one attached hydrogen (secondary N) is 1. The number of hydrogen-bond donors (Lipinski definition) is 2. The second-order valence-electron chi connectivity index (χ2n) is 4.10. The Labute approximate surface area is 110 Å². The van der Waals surface area contributed by atoms with Crippen molar-refractivity contribution in [2.24, 2.45) is 5.10 Å². The summed E-state index contributed by atoms with van der Waals surface area (Å²) in [5.41, 5.74) is 3.32. The molecule has 2 aromatic rings. The number of hydrazone groups is 1. The highest BCUT2D eigenvalue weighted by Gasteiger charge is 2.07. The van der Waals surface area contributed by atoms with Crippen LogP contribution in [0.2, 0.25) is 0 Å². The highest BCUT2D eigenvalue weighted by molar-refractivity contribution is 5.99. The third-order valence-electron chi connectivity index (χ3n) is 2.53. The first-order valence-electron chi connectivity index (χ1n) is 5.77. The van der Waals surface area contributed by atoms with Crippen LogP contribution in [0.15, 0.2) is 45.9 Å². The summed E-state index contributed by atoms with van der Waals surface area (Å²) in [6.45, 7) is 3.57. The lowest BCUT2D eigenvalue weighted by Gasteiger charge is -2.01. The van der Waals surface area contributed by atoms with Crippen LogP contribution < -0.4 is 5.43 Å². The molecule has 0 aliphatic rings. The number of rotatable bonds is 3. The van der Waals surface area contributed by atoms with Crippen molar-refractivity contribution in [3.8, 4) is 5.75 Å². The van der Waals surface area contributed by atoms with E-state index in [1.807, 2.05) is 13.0 Å². The smallest absolute Gasteiger partial charge is 0.271 e. The van der Waals surface area contributed by atoms with Gasteiger partial charge in [-0.2, -0.15) is 5.10 Å². The first-order chi connectivity index (χ1) is 9.06. The summed E-state index contributed by atoms with van der Waals surface area (Å²) in [4.78, 5) is 11.8. The Morgan fingerprint density at radius 3 is 2.74 bits per heavy atom. The molecule has 2 rings (SSSR count). The zero-order chi connectivity index (χ0) is 13.8. The molecule has 0 bridgehead atoms. The van der Waals surface area contributed by atoms with Crippen molar-refractivity contribution in [2.75, 3.05) is 0 Å². The van der Waals surface area contributed by atoms with Gasteiger partial charge in [-0.15, -0.1) is 0 Å². The normalized spacial score (nSPS) is 11.4. The quantitative estimate of drug-likeness (QED) is 0.656. The van der Waals surface area contributed by atoms with Gasteiger partial charge in [0.25, 0.3) is 5.91 Å². The fraction of sp³-hybridized carbons (Fsp3) is 0.143. The maximum atomic E-state index is 11.8. The van der Waals surface area contributed by atoms with Crippen LogP contribution in [0, 0.1) is 6.92 Å². The van der Waals surface area contributed by atoms with E-state index in [4.69, 9.17) is 4.42 Å². The number of carbonyl (C=O) groups is 1. The van der Waals surface area contributed by atoms with Crippen LogP contribution in [0.25, 0.3) is 0 Å². The minimum Gasteiger partial charge on any atom is -0.508 e. The maximum absolute atomic E-state index is 11.8. The van der Waals surface area contributed by atoms with Gasteiger partial charge in [-0.3, -0.25) is 4.79 Å². The molecule has 1 aromatic heterocycles. The van der Waals surface area contributed by atoms with E-state index in [0.717, 1.165) is 5.76 Å². The van der Waals surface area contributed by atoms with Crippen molar-refractivity contribution in [1.29, 1.82) is 0 Å². The third-order valence-corrected chi connectivity index (χ3v) is 2.53. The molecule has 5 heteroatoms. The number of amides is 1. The molecular weight excluding hydrogens is 244 g/mol. The molecule has 0 aliphatic heterocycles. The van der Waals surface area contributed by atoms with Gasteiger partial charge in [0.05, 0.1) is 0 Å². The molecule has 1 amide bonds. The molecule has 0 atom stereocenters. The molecule has 0 saturated heterocycles. The highest BCUT2D eigenvalue weighted by atomic mass is 16.3. The minimum atomic E-state index is -0.390. The molecule has 1 aromatic carbocycles. The van der Waals surface area contributed by atoms with E-state index in [-0.39, 0.29) is 5.75 Å². The summed E-state index contributed by atoms with van der Waals surface area (Å²) in [5.74, 6) is 1.03. The van der Waals surface area contributed by atoms with E-state index in [1.54, 1.807) is 25.1 Å². The Kier molecular flexibility index (Phi) is 3.66. The topological polar surface area (TPSA) is 74.8 Å². The Hall–Kier alpha value is -2.56. The van der Waals surface area contributed by atoms with Crippen LogP contribution in [0.5, 0.6) is 5.75 Å². The van der Waals surface area contributed by atoms with E-state index in [0.29, 0.717) is 17.0 Å². The summed E-state index contributed by atoms with van der Waals surface area (Å²) >= 11 is 0. The average molecular weight is 258 g/mol. The Morgan fingerprint density at radius 2 is 2.11 bits per heavy atom. The number of phenols is 1. The van der Waals surface area contributed by atoms with E-state index in [2.05, 4.69) is 10.5 Å². The van der Waals surface area contributed by atoms with Crippen molar-refractivity contribution in [3.05, 3.63) is 53.5 Å². The van der Waals surface area contributed by atoms with Crippen molar-refractivity contribution in [3.63, 3.8) is 0 Å². The number of carbonyl (C=O) groups excluding carboxylic acids is 1. The van der Waals surface area contributed by atoms with Gasteiger partial charge in [-0.1, -0.05) is 6.07 Å². The number of phenolic OH excluding ortho intramolecular Hbond substituents is 1. The van der Waals surface area contributed by atoms with Gasteiger partial charge in [0, 0.05) is 5.56 Å². The molecular formula is C14H14N2O3. The van der Waals surface area contributed by atoms with Crippen LogP contribution in [-0.4, -0.2) is 16.7 Å². The monoisotopic (exact) mass is 258 g/mol. The lowest BCUT2D eigenvalue weighted by Crippen LogP contribution is -2.19. The largest absolute Gasteiger partial charge is 0.508 e. The van der Waals surface area contributed by atoms with Crippen molar-refractivity contribution < 1.29 is 14.3 Å². The molecule has 0 spiro atoms. The molecule has 1 heterocycles. The van der Waals surface area contributed by atoms with Crippen molar-refractivity contribution >= 4 is 11.6 Å². The predicted molar refractivity (Wildman–Crippen MR) is 71.2 cm³/mol. The van der Waals surface area contributed by atoms with Crippen LogP contribution in [0.1, 0.15) is 28.8 Å². The fourth-order valence-corrected chi connectivity index (χ4v) is 1.53. The molecule has 19 heavy (non-hydrogen) atoms. The van der Waals surface area contributed by atoms with Gasteiger partial charge in [0.15, 0.2) is 0 Å². The molecule has 0 saturated carbocycles. The van der Waals surface area contributed by atoms with Crippen LogP contribution in [0.3, 0.4) is 0 Å². The Balaban J connectivity index is 2.07. The summed E-state index contributed by atoms with van der Waals surface area (Å²) in [7, 11) is 0. The summed E-state index contributed by atoms with van der Waals surface area (Å²) in [5, 5.41) is 13.2. The maximum Gasteiger partial charge on any atom is 0.271 e. The number of hydrogen-bond acceptors (Lipinski definition) is 4. The van der Waals surface area contributed by atoms with E-state index >= 15 is 0 Å². The van der Waals surface area contributed by atoms with Gasteiger partial charge in [0.1, 0.15) is 23.0 Å². The van der Waals surface area contributed by atoms with Crippen molar-refractivity contribution in [1.82, 2.24) is 5.43 Å². The van der Waals surface area contributed by atoms with Gasteiger partial charge in [-0.25, -0.2) is 5.43 Å². The second kappa shape index (κ2) is 5.39. The third kappa shape index (κ3) is 3.22. The predicted octanol–water partition coefficient (Wildman–Crippen LogP) is 2.45. The second-order valence-corrected chi connectivity index (χ2v) is 4.10. The Bertz CT molecular complexity index is 629. The van der Waals surface area contributed by atoms with E-state index in [9.17, 15) is 9.90 Å². The van der Waals surface area contributed by atoms with Gasteiger partial charge in [0.2, 0.25) is 0 Å². The molecule has 0 unspecified atom stereocenters.